The molecule has 1 aromatic carbocycles. The molecule has 0 amide bonds. The molecule has 0 saturated heterocycles. The molecular weight excluding hydrogens is 165 g/mol. The molecule has 0 aromatic heterocycles. The first-order chi connectivity index (χ1) is 6.34. The van der Waals surface area contributed by atoms with Crippen LogP contribution in [0.1, 0.15) is 5.56 Å². The van der Waals surface area contributed by atoms with Crippen molar-refractivity contribution in [3.63, 3.8) is 0 Å². The van der Waals surface area contributed by atoms with Crippen LogP contribution in [-0.2, 0) is 6.42 Å². The summed E-state index contributed by atoms with van der Waals surface area (Å²) in [5.74, 6) is -0.360. The van der Waals surface area contributed by atoms with Crippen LogP contribution in [0.15, 0.2) is 47.5 Å². The van der Waals surface area contributed by atoms with E-state index in [-0.39, 0.29) is 12.0 Å². The van der Waals surface area contributed by atoms with Crippen molar-refractivity contribution in [2.75, 3.05) is 0 Å². The Morgan fingerprint density at radius 1 is 1.23 bits per heavy atom. The summed E-state index contributed by atoms with van der Waals surface area (Å²) in [7, 11) is 0. The normalized spacial score (nSPS) is 20.4. The van der Waals surface area contributed by atoms with Gasteiger partial charge in [-0.15, -0.1) is 0 Å². The molecular formula is C11H10FN. The maximum absolute atomic E-state index is 12.5. The van der Waals surface area contributed by atoms with Gasteiger partial charge in [0.2, 0.25) is 5.97 Å². The number of rotatable bonds is 2. The van der Waals surface area contributed by atoms with Gasteiger partial charge in [-0.05, 0) is 18.1 Å². The van der Waals surface area contributed by atoms with Crippen LogP contribution in [0.4, 0.5) is 4.39 Å². The van der Waals surface area contributed by atoms with E-state index in [4.69, 9.17) is 0 Å². The Bertz CT molecular complexity index is 340. The van der Waals surface area contributed by atoms with E-state index in [0.29, 0.717) is 0 Å². The van der Waals surface area contributed by atoms with Crippen molar-refractivity contribution < 1.29 is 4.39 Å². The van der Waals surface area contributed by atoms with Gasteiger partial charge in [0, 0.05) is 0 Å². The molecule has 1 unspecified atom stereocenters. The van der Waals surface area contributed by atoms with Crippen LogP contribution in [0.5, 0.6) is 0 Å². The molecule has 2 heteroatoms. The van der Waals surface area contributed by atoms with Crippen molar-refractivity contribution in [1.82, 2.24) is 0 Å². The molecule has 0 saturated carbocycles. The molecule has 0 N–H and O–H groups in total. The highest BCUT2D eigenvalue weighted by Crippen LogP contribution is 2.11. The number of halogens is 1. The lowest BCUT2D eigenvalue weighted by Crippen LogP contribution is -2.02. The van der Waals surface area contributed by atoms with Crippen LogP contribution in [-0.4, -0.2) is 12.0 Å². The average Bonchev–Trinajstić information content (AvgIpc) is 2.53. The standard InChI is InChI=1S/C11H10FN/c12-11-7-6-10(13-11)8-9-4-2-1-3-5-9/h1-7,10H,8H2. The minimum Gasteiger partial charge on any atom is -0.250 e. The van der Waals surface area contributed by atoms with Gasteiger partial charge in [0.15, 0.2) is 0 Å². The minimum atomic E-state index is -0.360. The van der Waals surface area contributed by atoms with Crippen LogP contribution in [0.25, 0.3) is 0 Å². The summed E-state index contributed by atoms with van der Waals surface area (Å²) in [4.78, 5) is 3.82. The summed E-state index contributed by atoms with van der Waals surface area (Å²) in [6, 6.07) is 9.97. The van der Waals surface area contributed by atoms with E-state index in [0.717, 1.165) is 6.42 Å². The molecule has 1 aromatic rings. The summed E-state index contributed by atoms with van der Waals surface area (Å²) in [6.45, 7) is 0. The lowest BCUT2D eigenvalue weighted by atomic mass is 10.1. The second kappa shape index (κ2) is 3.52. The zero-order valence-corrected chi connectivity index (χ0v) is 7.15. The van der Waals surface area contributed by atoms with Gasteiger partial charge in [0.05, 0.1) is 6.04 Å². The van der Waals surface area contributed by atoms with Crippen LogP contribution in [0, 0.1) is 0 Å². The molecule has 2 rings (SSSR count). The van der Waals surface area contributed by atoms with Crippen molar-refractivity contribution in [2.45, 2.75) is 12.5 Å². The smallest absolute Gasteiger partial charge is 0.208 e. The number of hydrogen-bond donors (Lipinski definition) is 0. The van der Waals surface area contributed by atoms with Crippen molar-refractivity contribution in [3.8, 4) is 0 Å². The third-order valence-corrected chi connectivity index (χ3v) is 2.03. The van der Waals surface area contributed by atoms with Crippen LogP contribution in [0.2, 0.25) is 0 Å². The highest BCUT2D eigenvalue weighted by molar-refractivity contribution is 5.88. The molecule has 0 aliphatic carbocycles. The summed E-state index contributed by atoms with van der Waals surface area (Å²) in [6.07, 6.45) is 4.00. The molecule has 1 atom stereocenters. The number of aliphatic imine (C=N–C) groups is 1. The molecule has 1 heterocycles. The van der Waals surface area contributed by atoms with Crippen LogP contribution < -0.4 is 0 Å². The van der Waals surface area contributed by atoms with Gasteiger partial charge in [0.1, 0.15) is 0 Å². The third-order valence-electron chi connectivity index (χ3n) is 2.03. The molecule has 0 radical (unpaired) electrons. The number of hydrogen-bond acceptors (Lipinski definition) is 1. The van der Waals surface area contributed by atoms with Crippen molar-refractivity contribution in [2.24, 2.45) is 4.99 Å². The molecule has 0 bridgehead atoms. The second-order valence-electron chi connectivity index (χ2n) is 3.07. The van der Waals surface area contributed by atoms with Gasteiger partial charge in [-0.1, -0.05) is 36.4 Å². The summed E-state index contributed by atoms with van der Waals surface area (Å²) in [5.41, 5.74) is 1.19. The van der Waals surface area contributed by atoms with E-state index in [1.165, 1.54) is 11.6 Å². The fourth-order valence-electron chi connectivity index (χ4n) is 1.40. The van der Waals surface area contributed by atoms with Gasteiger partial charge in [-0.3, -0.25) is 4.99 Å². The summed E-state index contributed by atoms with van der Waals surface area (Å²) >= 11 is 0. The number of benzene rings is 1. The molecule has 1 aliphatic heterocycles. The lowest BCUT2D eigenvalue weighted by Gasteiger charge is -2.03. The predicted molar refractivity (Wildman–Crippen MR) is 51.6 cm³/mol. The van der Waals surface area contributed by atoms with Crippen molar-refractivity contribution >= 4 is 5.97 Å². The first-order valence-corrected chi connectivity index (χ1v) is 4.30. The molecule has 0 spiro atoms. The van der Waals surface area contributed by atoms with Gasteiger partial charge < -0.3 is 0 Å². The van der Waals surface area contributed by atoms with Crippen molar-refractivity contribution in [3.05, 3.63) is 48.0 Å². The van der Waals surface area contributed by atoms with E-state index >= 15 is 0 Å². The molecule has 1 nitrogen and oxygen atoms in total. The average molecular weight is 175 g/mol. The maximum Gasteiger partial charge on any atom is 0.208 e. The first kappa shape index (κ1) is 8.17. The summed E-state index contributed by atoms with van der Waals surface area (Å²) < 4.78 is 12.5. The highest BCUT2D eigenvalue weighted by Gasteiger charge is 2.10. The number of allylic oxidation sites excluding steroid dienone is 1. The Kier molecular flexibility index (Phi) is 2.21. The van der Waals surface area contributed by atoms with Gasteiger partial charge in [-0.2, -0.15) is 4.39 Å². The monoisotopic (exact) mass is 175 g/mol. The van der Waals surface area contributed by atoms with Crippen molar-refractivity contribution in [1.29, 1.82) is 0 Å². The fraction of sp³-hybridized carbons (Fsp3) is 0.182. The molecule has 66 valence electrons. The second-order valence-corrected chi connectivity index (χ2v) is 3.07. The largest absolute Gasteiger partial charge is 0.250 e. The van der Waals surface area contributed by atoms with E-state index in [1.54, 1.807) is 6.08 Å². The number of nitrogens with zero attached hydrogens (tertiary/aromatic N) is 1. The Hall–Kier alpha value is -1.44. The quantitative estimate of drug-likeness (QED) is 0.655. The molecule has 1 aliphatic rings. The fourth-order valence-corrected chi connectivity index (χ4v) is 1.40. The maximum atomic E-state index is 12.5. The zero-order valence-electron chi connectivity index (χ0n) is 7.15. The Labute approximate surface area is 76.6 Å². The topological polar surface area (TPSA) is 12.4 Å². The van der Waals surface area contributed by atoms with E-state index in [1.807, 2.05) is 30.3 Å². The van der Waals surface area contributed by atoms with E-state index in [2.05, 4.69) is 4.99 Å². The Balaban J connectivity index is 2.04. The van der Waals surface area contributed by atoms with Gasteiger partial charge in [-0.25, -0.2) is 0 Å². The Morgan fingerprint density at radius 2 is 2.00 bits per heavy atom. The Morgan fingerprint density at radius 3 is 2.62 bits per heavy atom. The summed E-state index contributed by atoms with van der Waals surface area (Å²) in [5, 5.41) is 0. The van der Waals surface area contributed by atoms with E-state index in [9.17, 15) is 4.39 Å². The molecule has 13 heavy (non-hydrogen) atoms. The minimum absolute atomic E-state index is 0.0117. The third kappa shape index (κ3) is 2.02. The predicted octanol–water partition coefficient (Wildman–Crippen LogP) is 2.54. The zero-order chi connectivity index (χ0) is 9.10. The van der Waals surface area contributed by atoms with Gasteiger partial charge in [0.25, 0.3) is 0 Å². The van der Waals surface area contributed by atoms with Crippen LogP contribution in [0.3, 0.4) is 0 Å². The first-order valence-electron chi connectivity index (χ1n) is 4.30. The highest BCUT2D eigenvalue weighted by atomic mass is 19.1. The van der Waals surface area contributed by atoms with E-state index < -0.39 is 0 Å². The molecule has 0 fully saturated rings. The SMILES string of the molecule is FC1=NC(Cc2ccccc2)C=C1. The van der Waals surface area contributed by atoms with Gasteiger partial charge >= 0.3 is 0 Å². The van der Waals surface area contributed by atoms with Crippen LogP contribution >= 0.6 is 0 Å². The lowest BCUT2D eigenvalue weighted by molar-refractivity contribution is 0.769.